The Labute approximate surface area is 73.1 Å². The lowest BCUT2D eigenvalue weighted by atomic mass is 10.2. The van der Waals surface area contributed by atoms with Gasteiger partial charge in [-0.1, -0.05) is 0 Å². The molecule has 0 aliphatic heterocycles. The maximum Gasteiger partial charge on any atom is 0.146 e. The summed E-state index contributed by atoms with van der Waals surface area (Å²) in [5, 5.41) is 17.4. The Morgan fingerprint density at radius 1 is 1.33 bits per heavy atom. The topological polar surface area (TPSA) is 58.9 Å². The standard InChI is InChI=1S/C8H18O4/c1-11-7-12-5-3-2-4-8(10)6-9/h8-10H,2-7H2,1H3. The molecule has 0 aromatic rings. The van der Waals surface area contributed by atoms with E-state index >= 15 is 0 Å². The fraction of sp³-hybridized carbons (Fsp3) is 1.00. The molecule has 0 saturated heterocycles. The number of unbranched alkanes of at least 4 members (excludes halogenated alkanes) is 1. The van der Waals surface area contributed by atoms with Crippen LogP contribution in [0.5, 0.6) is 0 Å². The van der Waals surface area contributed by atoms with Crippen LogP contribution >= 0.6 is 0 Å². The zero-order valence-corrected chi connectivity index (χ0v) is 7.53. The number of hydrogen-bond acceptors (Lipinski definition) is 4. The highest BCUT2D eigenvalue weighted by atomic mass is 16.7. The van der Waals surface area contributed by atoms with Crippen LogP contribution in [0.15, 0.2) is 0 Å². The number of methoxy groups -OCH3 is 1. The van der Waals surface area contributed by atoms with Gasteiger partial charge < -0.3 is 19.7 Å². The van der Waals surface area contributed by atoms with Gasteiger partial charge in [-0.05, 0) is 19.3 Å². The van der Waals surface area contributed by atoms with E-state index in [0.29, 0.717) is 19.8 Å². The molecule has 0 aromatic carbocycles. The maximum absolute atomic E-state index is 8.95. The van der Waals surface area contributed by atoms with Crippen LogP contribution in [0.1, 0.15) is 19.3 Å². The largest absolute Gasteiger partial charge is 0.394 e. The molecule has 0 aromatic heterocycles. The molecule has 0 saturated carbocycles. The molecule has 1 unspecified atom stereocenters. The summed E-state index contributed by atoms with van der Waals surface area (Å²) in [5.41, 5.74) is 0. The van der Waals surface area contributed by atoms with E-state index in [4.69, 9.17) is 14.9 Å². The predicted molar refractivity (Wildman–Crippen MR) is 44.8 cm³/mol. The van der Waals surface area contributed by atoms with Crippen LogP contribution in [0, 0.1) is 0 Å². The minimum absolute atomic E-state index is 0.154. The smallest absolute Gasteiger partial charge is 0.146 e. The van der Waals surface area contributed by atoms with Gasteiger partial charge in [0.15, 0.2) is 0 Å². The normalized spacial score (nSPS) is 13.2. The Balaban J connectivity index is 2.90. The van der Waals surface area contributed by atoms with Crippen molar-refractivity contribution in [3.8, 4) is 0 Å². The van der Waals surface area contributed by atoms with Crippen molar-refractivity contribution in [2.45, 2.75) is 25.4 Å². The number of rotatable bonds is 8. The fourth-order valence-corrected chi connectivity index (χ4v) is 0.818. The molecule has 0 heterocycles. The third-order valence-electron chi connectivity index (χ3n) is 1.49. The average molecular weight is 178 g/mol. The molecule has 0 aliphatic carbocycles. The molecule has 0 amide bonds. The quantitative estimate of drug-likeness (QED) is 0.410. The summed E-state index contributed by atoms with van der Waals surface area (Å²) < 4.78 is 9.71. The molecule has 1 atom stereocenters. The Bertz CT molecular complexity index is 87.1. The molecule has 74 valence electrons. The zero-order chi connectivity index (χ0) is 9.23. The first-order chi connectivity index (χ1) is 5.81. The maximum atomic E-state index is 8.95. The molecule has 12 heavy (non-hydrogen) atoms. The molecular formula is C8H18O4. The van der Waals surface area contributed by atoms with Gasteiger partial charge in [0.25, 0.3) is 0 Å². The summed E-state index contributed by atoms with van der Waals surface area (Å²) >= 11 is 0. The summed E-state index contributed by atoms with van der Waals surface area (Å²) in [7, 11) is 1.58. The third-order valence-corrected chi connectivity index (χ3v) is 1.49. The lowest BCUT2D eigenvalue weighted by Crippen LogP contribution is -2.11. The highest BCUT2D eigenvalue weighted by Gasteiger charge is 2.00. The van der Waals surface area contributed by atoms with Gasteiger partial charge in [0.2, 0.25) is 0 Å². The monoisotopic (exact) mass is 178 g/mol. The molecule has 2 N–H and O–H groups in total. The number of hydrogen-bond donors (Lipinski definition) is 2. The first-order valence-electron chi connectivity index (χ1n) is 4.17. The Kier molecular flexibility index (Phi) is 8.81. The third kappa shape index (κ3) is 7.94. The molecule has 0 fully saturated rings. The summed E-state index contributed by atoms with van der Waals surface area (Å²) in [6.45, 7) is 0.813. The van der Waals surface area contributed by atoms with E-state index in [0.717, 1.165) is 12.8 Å². The van der Waals surface area contributed by atoms with E-state index < -0.39 is 6.10 Å². The van der Waals surface area contributed by atoms with Crippen LogP contribution in [-0.4, -0.2) is 43.4 Å². The van der Waals surface area contributed by atoms with Gasteiger partial charge in [0.05, 0.1) is 12.7 Å². The van der Waals surface area contributed by atoms with Crippen LogP contribution in [0.2, 0.25) is 0 Å². The second-order valence-corrected chi connectivity index (χ2v) is 2.65. The van der Waals surface area contributed by atoms with Gasteiger partial charge in [-0.3, -0.25) is 0 Å². The lowest BCUT2D eigenvalue weighted by Gasteiger charge is -2.06. The van der Waals surface area contributed by atoms with Gasteiger partial charge >= 0.3 is 0 Å². The van der Waals surface area contributed by atoms with E-state index in [1.807, 2.05) is 0 Å². The first kappa shape index (κ1) is 11.8. The Morgan fingerprint density at radius 3 is 2.67 bits per heavy atom. The highest BCUT2D eigenvalue weighted by Crippen LogP contribution is 2.00. The summed E-state index contributed by atoms with van der Waals surface area (Å²) in [6.07, 6.45) is 1.81. The van der Waals surface area contributed by atoms with Crippen LogP contribution in [-0.2, 0) is 9.47 Å². The molecule has 4 heteroatoms. The molecular weight excluding hydrogens is 160 g/mol. The molecule has 0 radical (unpaired) electrons. The first-order valence-corrected chi connectivity index (χ1v) is 4.17. The fourth-order valence-electron chi connectivity index (χ4n) is 0.818. The molecule has 0 aliphatic rings. The highest BCUT2D eigenvalue weighted by molar-refractivity contribution is 4.52. The van der Waals surface area contributed by atoms with E-state index in [9.17, 15) is 0 Å². The lowest BCUT2D eigenvalue weighted by molar-refractivity contribution is -0.0323. The van der Waals surface area contributed by atoms with Gasteiger partial charge in [-0.15, -0.1) is 0 Å². The number of aliphatic hydroxyl groups is 2. The molecule has 0 bridgehead atoms. The minimum Gasteiger partial charge on any atom is -0.394 e. The van der Waals surface area contributed by atoms with Crippen molar-refractivity contribution in [2.75, 3.05) is 27.1 Å². The van der Waals surface area contributed by atoms with E-state index in [1.54, 1.807) is 7.11 Å². The summed E-state index contributed by atoms with van der Waals surface area (Å²) in [4.78, 5) is 0. The Morgan fingerprint density at radius 2 is 2.08 bits per heavy atom. The van der Waals surface area contributed by atoms with Crippen molar-refractivity contribution in [1.82, 2.24) is 0 Å². The molecule has 4 nitrogen and oxygen atoms in total. The van der Waals surface area contributed by atoms with E-state index in [-0.39, 0.29) is 6.61 Å². The van der Waals surface area contributed by atoms with Crippen molar-refractivity contribution in [3.05, 3.63) is 0 Å². The van der Waals surface area contributed by atoms with Crippen molar-refractivity contribution in [1.29, 1.82) is 0 Å². The van der Waals surface area contributed by atoms with Crippen LogP contribution in [0.3, 0.4) is 0 Å². The second-order valence-electron chi connectivity index (χ2n) is 2.65. The van der Waals surface area contributed by atoms with Crippen LogP contribution in [0.25, 0.3) is 0 Å². The van der Waals surface area contributed by atoms with Crippen LogP contribution in [0.4, 0.5) is 0 Å². The van der Waals surface area contributed by atoms with Crippen molar-refractivity contribution < 1.29 is 19.7 Å². The SMILES string of the molecule is COCOCCCCC(O)CO. The van der Waals surface area contributed by atoms with Crippen molar-refractivity contribution in [3.63, 3.8) is 0 Å². The van der Waals surface area contributed by atoms with Gasteiger partial charge in [0.1, 0.15) is 6.79 Å². The van der Waals surface area contributed by atoms with Crippen molar-refractivity contribution in [2.24, 2.45) is 0 Å². The van der Waals surface area contributed by atoms with E-state index in [1.165, 1.54) is 0 Å². The summed E-state index contributed by atoms with van der Waals surface area (Å²) in [5.74, 6) is 0. The van der Waals surface area contributed by atoms with Gasteiger partial charge in [-0.2, -0.15) is 0 Å². The number of aliphatic hydroxyl groups excluding tert-OH is 2. The summed E-state index contributed by atoms with van der Waals surface area (Å²) in [6, 6.07) is 0. The predicted octanol–water partition coefficient (Wildman–Crippen LogP) is 0.130. The van der Waals surface area contributed by atoms with Gasteiger partial charge in [-0.25, -0.2) is 0 Å². The zero-order valence-electron chi connectivity index (χ0n) is 7.53. The van der Waals surface area contributed by atoms with Crippen LogP contribution < -0.4 is 0 Å². The molecule has 0 rings (SSSR count). The second kappa shape index (κ2) is 8.93. The Hall–Kier alpha value is -0.160. The average Bonchev–Trinajstić information content (AvgIpc) is 2.10. The van der Waals surface area contributed by atoms with Gasteiger partial charge in [0, 0.05) is 13.7 Å². The minimum atomic E-state index is -0.576. The number of ether oxygens (including phenoxy) is 2. The van der Waals surface area contributed by atoms with E-state index in [2.05, 4.69) is 4.74 Å². The van der Waals surface area contributed by atoms with Crippen molar-refractivity contribution >= 4 is 0 Å². The molecule has 0 spiro atoms.